The van der Waals surface area contributed by atoms with E-state index in [1.165, 1.54) is 35.2 Å². The van der Waals surface area contributed by atoms with Crippen molar-refractivity contribution in [3.8, 4) is 0 Å². The highest BCUT2D eigenvalue weighted by Crippen LogP contribution is 2.30. The maximum absolute atomic E-state index is 13.9. The summed E-state index contributed by atoms with van der Waals surface area (Å²) in [4.78, 5) is 28.2. The SMILES string of the molecule is CC(C)CNC(=O)C(C)N(Cc1cccc(Cl)c1)C(=O)CN(c1cc(Cl)cc(Cl)c1)S(=O)(=O)c1ccccc1. The molecule has 0 fully saturated rings. The lowest BCUT2D eigenvalue weighted by Crippen LogP contribution is -2.51. The maximum Gasteiger partial charge on any atom is 0.264 e. The smallest absolute Gasteiger partial charge is 0.264 e. The lowest BCUT2D eigenvalue weighted by atomic mass is 10.1. The molecule has 1 atom stereocenters. The van der Waals surface area contributed by atoms with Crippen LogP contribution in [-0.4, -0.2) is 44.3 Å². The predicted octanol–water partition coefficient (Wildman–Crippen LogP) is 6.03. The molecule has 2 amide bonds. The van der Waals surface area contributed by atoms with Gasteiger partial charge in [0.1, 0.15) is 12.6 Å². The minimum Gasteiger partial charge on any atom is -0.354 e. The van der Waals surface area contributed by atoms with Crippen LogP contribution in [0.1, 0.15) is 26.3 Å². The van der Waals surface area contributed by atoms with E-state index in [0.717, 1.165) is 4.31 Å². The second-order valence-electron chi connectivity index (χ2n) is 9.42. The van der Waals surface area contributed by atoms with Gasteiger partial charge in [-0.05, 0) is 60.9 Å². The number of halogens is 3. The molecule has 0 radical (unpaired) electrons. The first-order valence-electron chi connectivity index (χ1n) is 12.2. The molecule has 0 aliphatic heterocycles. The molecule has 0 bridgehead atoms. The molecule has 7 nitrogen and oxygen atoms in total. The molecule has 0 heterocycles. The largest absolute Gasteiger partial charge is 0.354 e. The van der Waals surface area contributed by atoms with Crippen molar-refractivity contribution in [2.45, 2.75) is 38.3 Å². The third-order valence-corrected chi connectivity index (χ3v) is 8.30. The number of hydrogen-bond acceptors (Lipinski definition) is 4. The highest BCUT2D eigenvalue weighted by atomic mass is 35.5. The average molecular weight is 611 g/mol. The summed E-state index contributed by atoms with van der Waals surface area (Å²) in [6.07, 6.45) is 0. The first-order chi connectivity index (χ1) is 18.4. The molecular formula is C28H30Cl3N3O4S. The maximum atomic E-state index is 13.9. The van der Waals surface area contributed by atoms with Gasteiger partial charge in [-0.2, -0.15) is 0 Å². The van der Waals surface area contributed by atoms with Gasteiger partial charge >= 0.3 is 0 Å². The number of carbonyl (C=O) groups is 2. The second-order valence-corrected chi connectivity index (χ2v) is 12.6. The third kappa shape index (κ3) is 8.35. The van der Waals surface area contributed by atoms with Crippen molar-refractivity contribution in [2.24, 2.45) is 5.92 Å². The molecule has 3 aromatic carbocycles. The fourth-order valence-electron chi connectivity index (χ4n) is 3.80. The van der Waals surface area contributed by atoms with Gasteiger partial charge in [0.2, 0.25) is 11.8 Å². The summed E-state index contributed by atoms with van der Waals surface area (Å²) in [7, 11) is -4.22. The quantitative estimate of drug-likeness (QED) is 0.287. The average Bonchev–Trinajstić information content (AvgIpc) is 2.88. The minimum absolute atomic E-state index is 0.0157. The van der Waals surface area contributed by atoms with Crippen LogP contribution in [0.3, 0.4) is 0 Å². The number of nitrogens with one attached hydrogen (secondary N) is 1. The summed E-state index contributed by atoms with van der Waals surface area (Å²) in [6, 6.07) is 18.0. The first kappa shape index (κ1) is 30.8. The number of sulfonamides is 1. The lowest BCUT2D eigenvalue weighted by molar-refractivity contribution is -0.139. The molecule has 3 rings (SSSR count). The van der Waals surface area contributed by atoms with Gasteiger partial charge in [-0.3, -0.25) is 13.9 Å². The Kier molecular flexibility index (Phi) is 10.7. The Morgan fingerprint density at radius 2 is 1.49 bits per heavy atom. The number of anilines is 1. The third-order valence-electron chi connectivity index (χ3n) is 5.84. The molecule has 208 valence electrons. The van der Waals surface area contributed by atoms with Crippen LogP contribution in [0.15, 0.2) is 77.7 Å². The summed E-state index contributed by atoms with van der Waals surface area (Å²) in [5.41, 5.74) is 0.798. The van der Waals surface area contributed by atoms with Gasteiger partial charge in [0, 0.05) is 28.2 Å². The van der Waals surface area contributed by atoms with Crippen LogP contribution >= 0.6 is 34.8 Å². The number of benzene rings is 3. The van der Waals surface area contributed by atoms with Crippen LogP contribution in [0.2, 0.25) is 15.1 Å². The van der Waals surface area contributed by atoms with Crippen LogP contribution in [0.5, 0.6) is 0 Å². The Bertz CT molecular complexity index is 1400. The summed E-state index contributed by atoms with van der Waals surface area (Å²) >= 11 is 18.6. The van der Waals surface area contributed by atoms with Crippen LogP contribution < -0.4 is 9.62 Å². The van der Waals surface area contributed by atoms with Crippen molar-refractivity contribution in [3.63, 3.8) is 0 Å². The van der Waals surface area contributed by atoms with Crippen molar-refractivity contribution in [3.05, 3.63) is 93.4 Å². The molecule has 0 saturated carbocycles. The van der Waals surface area contributed by atoms with Crippen LogP contribution in [0.4, 0.5) is 5.69 Å². The molecular weight excluding hydrogens is 581 g/mol. The van der Waals surface area contributed by atoms with Gasteiger partial charge in [-0.15, -0.1) is 0 Å². The zero-order valence-corrected chi connectivity index (χ0v) is 24.9. The topological polar surface area (TPSA) is 86.8 Å². The zero-order chi connectivity index (χ0) is 28.7. The van der Waals surface area contributed by atoms with Crippen molar-refractivity contribution < 1.29 is 18.0 Å². The van der Waals surface area contributed by atoms with E-state index in [-0.39, 0.29) is 39.0 Å². The van der Waals surface area contributed by atoms with Crippen LogP contribution in [-0.2, 0) is 26.2 Å². The van der Waals surface area contributed by atoms with Crippen LogP contribution in [0, 0.1) is 5.92 Å². The van der Waals surface area contributed by atoms with Gasteiger partial charge in [0.05, 0.1) is 10.6 Å². The minimum atomic E-state index is -4.22. The van der Waals surface area contributed by atoms with Gasteiger partial charge in [0.25, 0.3) is 10.0 Å². The molecule has 3 aromatic rings. The molecule has 0 aromatic heterocycles. The van der Waals surface area contributed by atoms with Gasteiger partial charge in [-0.25, -0.2) is 8.42 Å². The van der Waals surface area contributed by atoms with Crippen LogP contribution in [0.25, 0.3) is 0 Å². The predicted molar refractivity (Wildman–Crippen MR) is 157 cm³/mol. The van der Waals surface area contributed by atoms with E-state index < -0.39 is 28.5 Å². The van der Waals surface area contributed by atoms with Gasteiger partial charge in [-0.1, -0.05) is 79.0 Å². The van der Waals surface area contributed by atoms with E-state index >= 15 is 0 Å². The van der Waals surface area contributed by atoms with Crippen molar-refractivity contribution in [1.82, 2.24) is 10.2 Å². The monoisotopic (exact) mass is 609 g/mol. The van der Waals surface area contributed by atoms with Gasteiger partial charge in [0.15, 0.2) is 0 Å². The zero-order valence-electron chi connectivity index (χ0n) is 21.8. The Labute approximate surface area is 244 Å². The Morgan fingerprint density at radius 3 is 2.08 bits per heavy atom. The number of nitrogens with zero attached hydrogens (tertiary/aromatic N) is 2. The normalized spacial score (nSPS) is 12.2. The van der Waals surface area contributed by atoms with Crippen molar-refractivity contribution in [1.29, 1.82) is 0 Å². The second kappa shape index (κ2) is 13.5. The van der Waals surface area contributed by atoms with E-state index in [2.05, 4.69) is 5.32 Å². The molecule has 0 saturated heterocycles. The summed E-state index contributed by atoms with van der Waals surface area (Å²) in [5, 5.41) is 3.72. The Hall–Kier alpha value is -2.78. The van der Waals surface area contributed by atoms with E-state index in [4.69, 9.17) is 34.8 Å². The van der Waals surface area contributed by atoms with E-state index in [1.807, 2.05) is 13.8 Å². The summed E-state index contributed by atoms with van der Waals surface area (Å²) in [6.45, 7) is 5.38. The molecule has 1 unspecified atom stereocenters. The lowest BCUT2D eigenvalue weighted by Gasteiger charge is -2.32. The molecule has 0 aliphatic carbocycles. The van der Waals surface area contributed by atoms with E-state index in [9.17, 15) is 18.0 Å². The van der Waals surface area contributed by atoms with Gasteiger partial charge < -0.3 is 10.2 Å². The molecule has 1 N–H and O–H groups in total. The Morgan fingerprint density at radius 1 is 0.846 bits per heavy atom. The molecule has 39 heavy (non-hydrogen) atoms. The van der Waals surface area contributed by atoms with Crippen molar-refractivity contribution in [2.75, 3.05) is 17.4 Å². The Balaban J connectivity index is 2.03. The number of rotatable bonds is 11. The summed E-state index contributed by atoms with van der Waals surface area (Å²) in [5.74, 6) is -0.752. The fourth-order valence-corrected chi connectivity index (χ4v) is 5.95. The number of amides is 2. The first-order valence-corrected chi connectivity index (χ1v) is 14.8. The van der Waals surface area contributed by atoms with E-state index in [0.29, 0.717) is 17.1 Å². The molecule has 11 heteroatoms. The van der Waals surface area contributed by atoms with E-state index in [1.54, 1.807) is 49.4 Å². The summed E-state index contributed by atoms with van der Waals surface area (Å²) < 4.78 is 28.5. The molecule has 0 spiro atoms. The highest BCUT2D eigenvalue weighted by molar-refractivity contribution is 7.92. The highest BCUT2D eigenvalue weighted by Gasteiger charge is 2.32. The fraction of sp³-hybridized carbons (Fsp3) is 0.286. The number of carbonyl (C=O) groups excluding carboxylic acids is 2. The standard InChI is InChI=1S/C28H30Cl3N3O4S/c1-19(2)16-32-28(36)20(3)33(17-21-8-7-9-22(29)12-21)27(35)18-34(25-14-23(30)13-24(31)15-25)39(37,38)26-10-5-4-6-11-26/h4-15,19-20H,16-18H2,1-3H3,(H,32,36). The number of hydrogen-bond donors (Lipinski definition) is 1. The van der Waals surface area contributed by atoms with Crippen molar-refractivity contribution >= 4 is 62.3 Å². The molecule has 0 aliphatic rings.